The number of nitrogen functional groups attached to an aromatic ring is 1. The molecule has 0 aliphatic carbocycles. The summed E-state index contributed by atoms with van der Waals surface area (Å²) in [5, 5.41) is 0. The lowest BCUT2D eigenvalue weighted by Gasteiger charge is -2.15. The van der Waals surface area contributed by atoms with Gasteiger partial charge in [0.1, 0.15) is 17.5 Å². The molecule has 0 aliphatic rings. The van der Waals surface area contributed by atoms with E-state index >= 15 is 0 Å². The van der Waals surface area contributed by atoms with Crippen molar-refractivity contribution < 1.29 is 22.7 Å². The third kappa shape index (κ3) is 4.02. The van der Waals surface area contributed by atoms with E-state index in [4.69, 9.17) is 11.5 Å². The predicted octanol–water partition coefficient (Wildman–Crippen LogP) is 2.46. The number of carbonyl (C=O) groups excluding carboxylic acids is 1. The average Bonchev–Trinajstić information content (AvgIpc) is 3.10. The first kappa shape index (κ1) is 21.5. The number of nitrogens with zero attached hydrogens (tertiary/aromatic N) is 3. The monoisotopic (exact) mass is 415 g/mol. The van der Waals surface area contributed by atoms with Gasteiger partial charge < -0.3 is 20.6 Å². The summed E-state index contributed by atoms with van der Waals surface area (Å²) in [5.74, 6) is -0.635. The van der Waals surface area contributed by atoms with Gasteiger partial charge in [-0.15, -0.1) is 12.4 Å². The number of alkyl halides is 3. The Hall–Kier alpha value is -2.85. The molecule has 4 N–H and O–H groups in total. The molecule has 7 nitrogen and oxygen atoms in total. The molecule has 0 amide bonds. The first-order chi connectivity index (χ1) is 12.7. The standard InChI is InChI=1S/C17H16F3N5O2.ClH/c1-27-16(26)12(21)8-9-2-3-10(15-23-6-7-25(9)15)14-11(17(18,19)20)4-5-13(22)24-14;/h2-7,12H,8,21H2,1H3,(H2,22,24);1H/t12-;/m0./s1. The van der Waals surface area contributed by atoms with Crippen LogP contribution in [0, 0.1) is 0 Å². The molecule has 0 unspecified atom stereocenters. The number of carbonyl (C=O) groups is 1. The molecule has 1 atom stereocenters. The van der Waals surface area contributed by atoms with E-state index in [0.29, 0.717) is 5.69 Å². The van der Waals surface area contributed by atoms with Gasteiger partial charge in [-0.05, 0) is 24.3 Å². The number of rotatable bonds is 4. The quantitative estimate of drug-likeness (QED) is 0.634. The van der Waals surface area contributed by atoms with Crippen LogP contribution in [0.2, 0.25) is 0 Å². The molecule has 3 heterocycles. The van der Waals surface area contributed by atoms with Crippen molar-refractivity contribution in [2.45, 2.75) is 18.6 Å². The van der Waals surface area contributed by atoms with Gasteiger partial charge in [-0.1, -0.05) is 0 Å². The normalized spacial score (nSPS) is 12.5. The zero-order chi connectivity index (χ0) is 19.8. The number of aromatic nitrogens is 3. The van der Waals surface area contributed by atoms with Crippen LogP contribution in [0.3, 0.4) is 0 Å². The fourth-order valence-corrected chi connectivity index (χ4v) is 2.79. The minimum absolute atomic E-state index is 0. The van der Waals surface area contributed by atoms with Crippen molar-refractivity contribution in [3.63, 3.8) is 0 Å². The summed E-state index contributed by atoms with van der Waals surface area (Å²) < 4.78 is 46.3. The molecule has 150 valence electrons. The first-order valence-electron chi connectivity index (χ1n) is 7.85. The molecule has 0 aliphatic heterocycles. The largest absolute Gasteiger partial charge is 0.468 e. The van der Waals surface area contributed by atoms with Crippen molar-refractivity contribution in [1.29, 1.82) is 0 Å². The minimum Gasteiger partial charge on any atom is -0.468 e. The van der Waals surface area contributed by atoms with Crippen LogP contribution in [0.25, 0.3) is 16.9 Å². The number of halogens is 4. The van der Waals surface area contributed by atoms with E-state index in [1.165, 1.54) is 19.4 Å². The Bertz CT molecular complexity index is 1010. The van der Waals surface area contributed by atoms with Crippen LogP contribution in [0.15, 0.2) is 36.7 Å². The number of anilines is 1. The fourth-order valence-electron chi connectivity index (χ4n) is 2.79. The maximum atomic E-state index is 13.4. The molecule has 0 saturated heterocycles. The molecule has 3 aromatic rings. The first-order valence-corrected chi connectivity index (χ1v) is 7.85. The highest BCUT2D eigenvalue weighted by Gasteiger charge is 2.35. The highest BCUT2D eigenvalue weighted by Crippen LogP contribution is 2.37. The predicted molar refractivity (Wildman–Crippen MR) is 98.8 cm³/mol. The molecular weight excluding hydrogens is 399 g/mol. The van der Waals surface area contributed by atoms with Crippen LogP contribution in [0.4, 0.5) is 19.0 Å². The topological polar surface area (TPSA) is 109 Å². The van der Waals surface area contributed by atoms with E-state index < -0.39 is 23.8 Å². The molecule has 0 radical (unpaired) electrons. The summed E-state index contributed by atoms with van der Waals surface area (Å²) in [6.45, 7) is 0. The summed E-state index contributed by atoms with van der Waals surface area (Å²) in [5.41, 5.74) is 11.1. The second-order valence-electron chi connectivity index (χ2n) is 5.82. The lowest BCUT2D eigenvalue weighted by Crippen LogP contribution is -2.34. The summed E-state index contributed by atoms with van der Waals surface area (Å²) in [6, 6.07) is 4.09. The van der Waals surface area contributed by atoms with Gasteiger partial charge in [0.05, 0.1) is 18.4 Å². The Balaban J connectivity index is 0.00000280. The lowest BCUT2D eigenvalue weighted by atomic mass is 10.0. The van der Waals surface area contributed by atoms with Crippen molar-refractivity contribution in [2.24, 2.45) is 5.73 Å². The molecule has 11 heteroatoms. The molecule has 0 spiro atoms. The second kappa shape index (κ2) is 8.03. The maximum absolute atomic E-state index is 13.4. The molecule has 3 aromatic heterocycles. The van der Waals surface area contributed by atoms with E-state index in [-0.39, 0.29) is 41.6 Å². The van der Waals surface area contributed by atoms with Gasteiger partial charge in [0.25, 0.3) is 0 Å². The molecule has 0 aromatic carbocycles. The molecule has 0 saturated carbocycles. The number of hydrogen-bond donors (Lipinski definition) is 2. The average molecular weight is 416 g/mol. The third-order valence-corrected chi connectivity index (χ3v) is 4.04. The Morgan fingerprint density at radius 3 is 2.64 bits per heavy atom. The van der Waals surface area contributed by atoms with Crippen LogP contribution in [0.5, 0.6) is 0 Å². The van der Waals surface area contributed by atoms with Gasteiger partial charge in [0, 0.05) is 30.1 Å². The Labute approximate surface area is 163 Å². The number of pyridine rings is 2. The minimum atomic E-state index is -4.61. The van der Waals surface area contributed by atoms with E-state index in [1.54, 1.807) is 16.7 Å². The van der Waals surface area contributed by atoms with Gasteiger partial charge in [0.2, 0.25) is 0 Å². The third-order valence-electron chi connectivity index (χ3n) is 4.04. The summed E-state index contributed by atoms with van der Waals surface area (Å²) in [7, 11) is 1.22. The van der Waals surface area contributed by atoms with Crippen molar-refractivity contribution >= 4 is 29.8 Å². The number of esters is 1. The highest BCUT2D eigenvalue weighted by molar-refractivity contribution is 5.85. The Morgan fingerprint density at radius 1 is 1.29 bits per heavy atom. The highest BCUT2D eigenvalue weighted by atomic mass is 35.5. The SMILES string of the molecule is COC(=O)[C@@H](N)Cc1ccc(-c2nc(N)ccc2C(F)(F)F)c2nccn12.Cl. The molecular formula is C17H17ClF3N5O2. The van der Waals surface area contributed by atoms with Gasteiger partial charge in [-0.2, -0.15) is 13.2 Å². The van der Waals surface area contributed by atoms with E-state index in [1.807, 2.05) is 0 Å². The van der Waals surface area contributed by atoms with Crippen molar-refractivity contribution in [3.05, 3.63) is 47.9 Å². The van der Waals surface area contributed by atoms with Gasteiger partial charge in [-0.25, -0.2) is 9.97 Å². The fraction of sp³-hybridized carbons (Fsp3) is 0.235. The number of nitrogens with two attached hydrogens (primary N) is 2. The van der Waals surface area contributed by atoms with Gasteiger partial charge in [0.15, 0.2) is 0 Å². The summed E-state index contributed by atoms with van der Waals surface area (Å²) >= 11 is 0. The molecule has 28 heavy (non-hydrogen) atoms. The van der Waals surface area contributed by atoms with Crippen molar-refractivity contribution in [3.8, 4) is 11.3 Å². The van der Waals surface area contributed by atoms with Crippen LogP contribution in [-0.2, 0) is 22.1 Å². The number of methoxy groups -OCH3 is 1. The van der Waals surface area contributed by atoms with Crippen LogP contribution in [0.1, 0.15) is 11.3 Å². The lowest BCUT2D eigenvalue weighted by molar-refractivity contribution is -0.142. The van der Waals surface area contributed by atoms with Gasteiger partial charge in [-0.3, -0.25) is 4.79 Å². The van der Waals surface area contributed by atoms with Gasteiger partial charge >= 0.3 is 12.1 Å². The Morgan fingerprint density at radius 2 is 2.00 bits per heavy atom. The zero-order valence-corrected chi connectivity index (χ0v) is 15.4. The number of ether oxygens (including phenoxy) is 1. The number of fused-ring (bicyclic) bond motifs is 1. The van der Waals surface area contributed by atoms with Crippen molar-refractivity contribution in [1.82, 2.24) is 14.4 Å². The van der Waals surface area contributed by atoms with E-state index in [2.05, 4.69) is 14.7 Å². The number of imidazole rings is 1. The summed E-state index contributed by atoms with van der Waals surface area (Å²) in [6.07, 6.45) is -1.48. The zero-order valence-electron chi connectivity index (χ0n) is 14.6. The van der Waals surface area contributed by atoms with Crippen LogP contribution >= 0.6 is 12.4 Å². The molecule has 3 rings (SSSR count). The van der Waals surface area contributed by atoms with E-state index in [0.717, 1.165) is 12.1 Å². The molecule has 0 bridgehead atoms. The second-order valence-corrected chi connectivity index (χ2v) is 5.82. The van der Waals surface area contributed by atoms with Crippen molar-refractivity contribution in [2.75, 3.05) is 12.8 Å². The smallest absolute Gasteiger partial charge is 0.418 e. The maximum Gasteiger partial charge on any atom is 0.418 e. The number of hydrogen-bond acceptors (Lipinski definition) is 6. The van der Waals surface area contributed by atoms with Crippen LogP contribution < -0.4 is 11.5 Å². The Kier molecular flexibility index (Phi) is 6.15. The summed E-state index contributed by atoms with van der Waals surface area (Å²) in [4.78, 5) is 19.6. The van der Waals surface area contributed by atoms with Crippen LogP contribution in [-0.4, -0.2) is 33.5 Å². The molecule has 0 fully saturated rings. The van der Waals surface area contributed by atoms with E-state index in [9.17, 15) is 18.0 Å².